The van der Waals surface area contributed by atoms with Crippen LogP contribution >= 0.6 is 11.6 Å². The fourth-order valence-corrected chi connectivity index (χ4v) is 3.23. The minimum Gasteiger partial charge on any atom is -0.490 e. The molecule has 5 nitrogen and oxygen atoms in total. The van der Waals surface area contributed by atoms with E-state index in [0.717, 1.165) is 0 Å². The molecule has 0 fully saturated rings. The number of hydrogen-bond acceptors (Lipinski definition) is 3. The molecule has 1 aliphatic heterocycles. The van der Waals surface area contributed by atoms with Gasteiger partial charge in [-0.2, -0.15) is 0 Å². The number of fused-ring (bicyclic) bond motifs is 1. The molecule has 1 heterocycles. The molecule has 0 saturated heterocycles. The van der Waals surface area contributed by atoms with Gasteiger partial charge in [-0.05, 0) is 29.7 Å². The summed E-state index contributed by atoms with van der Waals surface area (Å²) in [7, 11) is 0. The number of rotatable bonds is 6. The molecule has 1 aliphatic rings. The van der Waals surface area contributed by atoms with E-state index in [1.165, 1.54) is 5.56 Å². The van der Waals surface area contributed by atoms with Gasteiger partial charge in [0.1, 0.15) is 12.4 Å². The maximum Gasteiger partial charge on any atom is 0.227 e. The average molecular weight is 387 g/mol. The molecule has 0 spiro atoms. The van der Waals surface area contributed by atoms with Gasteiger partial charge in [0.05, 0.1) is 12.2 Å². The van der Waals surface area contributed by atoms with E-state index in [2.05, 4.69) is 12.2 Å². The maximum atomic E-state index is 12.6. The van der Waals surface area contributed by atoms with Crippen molar-refractivity contribution >= 4 is 29.1 Å². The Labute approximate surface area is 164 Å². The summed E-state index contributed by atoms with van der Waals surface area (Å²) in [5.41, 5.74) is 1.84. The van der Waals surface area contributed by atoms with Crippen LogP contribution in [0.4, 0.5) is 5.69 Å². The number of amides is 2. The Balaban J connectivity index is 1.50. The first-order valence-corrected chi connectivity index (χ1v) is 9.47. The smallest absolute Gasteiger partial charge is 0.227 e. The second-order valence-corrected chi connectivity index (χ2v) is 7.06. The fourth-order valence-electron chi connectivity index (χ4n) is 3.06. The molecule has 3 rings (SSSR count). The molecule has 2 amide bonds. The summed E-state index contributed by atoms with van der Waals surface area (Å²) in [6.45, 7) is 3.50. The Bertz CT molecular complexity index is 810. The highest BCUT2D eigenvalue weighted by Crippen LogP contribution is 2.34. The summed E-state index contributed by atoms with van der Waals surface area (Å²) in [6, 6.07) is 15.2. The van der Waals surface area contributed by atoms with Crippen molar-refractivity contribution in [1.29, 1.82) is 0 Å². The van der Waals surface area contributed by atoms with Crippen molar-refractivity contribution in [2.45, 2.75) is 25.7 Å². The maximum absolute atomic E-state index is 12.6. The Morgan fingerprint density at radius 3 is 2.74 bits per heavy atom. The zero-order chi connectivity index (χ0) is 19.2. The molecule has 0 aliphatic carbocycles. The molecule has 0 radical (unpaired) electrons. The van der Waals surface area contributed by atoms with E-state index in [0.29, 0.717) is 36.2 Å². The van der Waals surface area contributed by atoms with Crippen LogP contribution in [-0.2, 0) is 9.59 Å². The highest BCUT2D eigenvalue weighted by molar-refractivity contribution is 6.31. The molecule has 0 aromatic heterocycles. The van der Waals surface area contributed by atoms with Gasteiger partial charge in [-0.3, -0.25) is 9.59 Å². The summed E-state index contributed by atoms with van der Waals surface area (Å²) in [5.74, 6) is 0.637. The molecule has 1 N–H and O–H groups in total. The molecule has 0 bridgehead atoms. The first-order valence-electron chi connectivity index (χ1n) is 9.09. The number of carbonyl (C=O) groups excluding carboxylic acids is 2. The minimum absolute atomic E-state index is 0.104. The molecule has 1 atom stereocenters. The van der Waals surface area contributed by atoms with Gasteiger partial charge in [0.15, 0.2) is 0 Å². The summed E-state index contributed by atoms with van der Waals surface area (Å²) in [6.07, 6.45) is 0.311. The third kappa shape index (κ3) is 5.01. The lowest BCUT2D eigenvalue weighted by atomic mass is 10.0. The van der Waals surface area contributed by atoms with Gasteiger partial charge < -0.3 is 15.0 Å². The summed E-state index contributed by atoms with van der Waals surface area (Å²) >= 11 is 6.04. The highest BCUT2D eigenvalue weighted by Gasteiger charge is 2.24. The molecule has 142 valence electrons. The van der Waals surface area contributed by atoms with Gasteiger partial charge in [-0.25, -0.2) is 0 Å². The molecular weight excluding hydrogens is 364 g/mol. The lowest BCUT2D eigenvalue weighted by Crippen LogP contribution is -2.38. The van der Waals surface area contributed by atoms with Gasteiger partial charge in [0.25, 0.3) is 0 Å². The van der Waals surface area contributed by atoms with Crippen molar-refractivity contribution < 1.29 is 14.3 Å². The number of carbonyl (C=O) groups is 2. The van der Waals surface area contributed by atoms with Crippen LogP contribution < -0.4 is 15.0 Å². The predicted octanol–water partition coefficient (Wildman–Crippen LogP) is 3.77. The van der Waals surface area contributed by atoms with Crippen LogP contribution in [0, 0.1) is 0 Å². The molecule has 0 saturated carbocycles. The van der Waals surface area contributed by atoms with Crippen molar-refractivity contribution in [1.82, 2.24) is 5.32 Å². The largest absolute Gasteiger partial charge is 0.490 e. The number of benzene rings is 2. The molecule has 2 aromatic carbocycles. The number of ether oxygens (including phenoxy) is 1. The third-order valence-electron chi connectivity index (χ3n) is 4.63. The van der Waals surface area contributed by atoms with Gasteiger partial charge in [-0.15, -0.1) is 0 Å². The Kier molecular flexibility index (Phi) is 6.35. The van der Waals surface area contributed by atoms with Crippen molar-refractivity contribution in [3.63, 3.8) is 0 Å². The highest BCUT2D eigenvalue weighted by atomic mass is 35.5. The van der Waals surface area contributed by atoms with Crippen LogP contribution in [0.25, 0.3) is 0 Å². The van der Waals surface area contributed by atoms with E-state index in [1.807, 2.05) is 30.3 Å². The third-order valence-corrected chi connectivity index (χ3v) is 4.86. The average Bonchev–Trinajstić information content (AvgIpc) is 2.70. The zero-order valence-electron chi connectivity index (χ0n) is 15.3. The van der Waals surface area contributed by atoms with Crippen LogP contribution in [0.1, 0.15) is 31.2 Å². The Hall–Kier alpha value is -2.53. The second-order valence-electron chi connectivity index (χ2n) is 6.62. The van der Waals surface area contributed by atoms with E-state index in [1.54, 1.807) is 23.1 Å². The van der Waals surface area contributed by atoms with Crippen molar-refractivity contribution in [3.05, 3.63) is 59.1 Å². The lowest BCUT2D eigenvalue weighted by molar-refractivity contribution is -0.125. The predicted molar refractivity (Wildman–Crippen MR) is 106 cm³/mol. The fraction of sp³-hybridized carbons (Fsp3) is 0.333. The minimum atomic E-state index is -0.120. The number of nitrogens with zero attached hydrogens (tertiary/aromatic N) is 1. The van der Waals surface area contributed by atoms with E-state index >= 15 is 0 Å². The van der Waals surface area contributed by atoms with Gasteiger partial charge in [0, 0.05) is 24.4 Å². The topological polar surface area (TPSA) is 58.6 Å². The first kappa shape index (κ1) is 19.2. The van der Waals surface area contributed by atoms with Crippen molar-refractivity contribution in [2.24, 2.45) is 0 Å². The number of anilines is 1. The number of halogens is 1. The van der Waals surface area contributed by atoms with E-state index in [-0.39, 0.29) is 30.6 Å². The number of hydrogen-bond donors (Lipinski definition) is 1. The second kappa shape index (κ2) is 8.91. The van der Waals surface area contributed by atoms with Crippen LogP contribution in [0.3, 0.4) is 0 Å². The summed E-state index contributed by atoms with van der Waals surface area (Å²) in [5, 5.41) is 3.46. The number of nitrogens with one attached hydrogen (secondary N) is 1. The van der Waals surface area contributed by atoms with Crippen LogP contribution in [0.2, 0.25) is 5.02 Å². The SMILES string of the molecule is C[C@@H](CNC(=O)CCC(=O)N1CCOc2ccc(Cl)cc21)c1ccccc1. The van der Waals surface area contributed by atoms with Crippen LogP contribution in [0.15, 0.2) is 48.5 Å². The van der Waals surface area contributed by atoms with E-state index in [4.69, 9.17) is 16.3 Å². The zero-order valence-corrected chi connectivity index (χ0v) is 16.0. The van der Waals surface area contributed by atoms with E-state index in [9.17, 15) is 9.59 Å². The van der Waals surface area contributed by atoms with Gasteiger partial charge in [0.2, 0.25) is 11.8 Å². The summed E-state index contributed by atoms with van der Waals surface area (Å²) < 4.78 is 5.56. The summed E-state index contributed by atoms with van der Waals surface area (Å²) in [4.78, 5) is 26.4. The molecule has 6 heteroatoms. The first-order chi connectivity index (χ1) is 13.0. The van der Waals surface area contributed by atoms with Crippen molar-refractivity contribution in [2.75, 3.05) is 24.6 Å². The van der Waals surface area contributed by atoms with Crippen molar-refractivity contribution in [3.8, 4) is 5.75 Å². The Morgan fingerprint density at radius 2 is 1.96 bits per heavy atom. The molecule has 2 aromatic rings. The molecule has 27 heavy (non-hydrogen) atoms. The molecule has 0 unspecified atom stereocenters. The standard InChI is InChI=1S/C21H23ClN2O3/c1-15(16-5-3-2-4-6-16)14-23-20(25)9-10-21(26)24-11-12-27-19-8-7-17(22)13-18(19)24/h2-8,13,15H,9-12,14H2,1H3,(H,23,25)/t15-/m0/s1. The van der Waals surface area contributed by atoms with Crippen LogP contribution in [0.5, 0.6) is 5.75 Å². The normalized spacial score (nSPS) is 14.1. The van der Waals surface area contributed by atoms with E-state index < -0.39 is 0 Å². The quantitative estimate of drug-likeness (QED) is 0.822. The van der Waals surface area contributed by atoms with Crippen LogP contribution in [-0.4, -0.2) is 31.5 Å². The molecular formula is C21H23ClN2O3. The lowest BCUT2D eigenvalue weighted by Gasteiger charge is -2.29. The monoisotopic (exact) mass is 386 g/mol. The van der Waals surface area contributed by atoms with Gasteiger partial charge in [-0.1, -0.05) is 48.9 Å². The Morgan fingerprint density at radius 1 is 1.19 bits per heavy atom. The van der Waals surface area contributed by atoms with Gasteiger partial charge >= 0.3 is 0 Å².